The van der Waals surface area contributed by atoms with Crippen LogP contribution in [0.5, 0.6) is 6.01 Å². The van der Waals surface area contributed by atoms with Gasteiger partial charge >= 0.3 is 6.01 Å². The summed E-state index contributed by atoms with van der Waals surface area (Å²) in [6.07, 6.45) is 4.27. The molecule has 7 nitrogen and oxygen atoms in total. The normalized spacial score (nSPS) is 14.2. The average Bonchev–Trinajstić information content (AvgIpc) is 2.80. The van der Waals surface area contributed by atoms with Crippen molar-refractivity contribution in [3.8, 4) is 6.01 Å². The van der Waals surface area contributed by atoms with Crippen LogP contribution >= 0.6 is 0 Å². The quantitative estimate of drug-likeness (QED) is 0.524. The zero-order valence-corrected chi connectivity index (χ0v) is 17.8. The highest BCUT2D eigenvalue weighted by Crippen LogP contribution is 2.17. The van der Waals surface area contributed by atoms with Crippen molar-refractivity contribution < 1.29 is 9.47 Å². The minimum absolute atomic E-state index is 0.358. The van der Waals surface area contributed by atoms with Crippen molar-refractivity contribution >= 4 is 12.0 Å². The predicted molar refractivity (Wildman–Crippen MR) is 121 cm³/mol. The van der Waals surface area contributed by atoms with Gasteiger partial charge in [0.1, 0.15) is 5.82 Å². The summed E-state index contributed by atoms with van der Waals surface area (Å²) in [5.41, 5.74) is 4.11. The molecule has 0 radical (unpaired) electrons. The van der Waals surface area contributed by atoms with Crippen molar-refractivity contribution in [3.63, 3.8) is 0 Å². The Balaban J connectivity index is 1.47. The van der Waals surface area contributed by atoms with Gasteiger partial charge < -0.3 is 14.4 Å². The molecule has 7 heteroatoms. The maximum Gasteiger partial charge on any atom is 0.318 e. The number of rotatable bonds is 8. The predicted octanol–water partition coefficient (Wildman–Crippen LogP) is 3.26. The lowest BCUT2D eigenvalue weighted by Crippen LogP contribution is -2.37. The van der Waals surface area contributed by atoms with Gasteiger partial charge in [0.2, 0.25) is 0 Å². The van der Waals surface area contributed by atoms with Gasteiger partial charge in [-0.05, 0) is 24.6 Å². The lowest BCUT2D eigenvalue weighted by atomic mass is 10.1. The molecule has 0 amide bonds. The van der Waals surface area contributed by atoms with E-state index in [1.54, 1.807) is 12.4 Å². The van der Waals surface area contributed by atoms with Gasteiger partial charge in [0.25, 0.3) is 0 Å². The zero-order valence-electron chi connectivity index (χ0n) is 17.8. The third kappa shape index (κ3) is 6.33. The molecule has 0 aliphatic carbocycles. The summed E-state index contributed by atoms with van der Waals surface area (Å²) < 4.78 is 11.4. The van der Waals surface area contributed by atoms with Gasteiger partial charge in [-0.2, -0.15) is 9.97 Å². The van der Waals surface area contributed by atoms with Crippen LogP contribution in [0.3, 0.4) is 0 Å². The highest BCUT2D eigenvalue weighted by Gasteiger charge is 2.15. The highest BCUT2D eigenvalue weighted by atomic mass is 16.5. The first-order valence-electron chi connectivity index (χ1n) is 10.6. The number of pyridine rings is 1. The molecule has 0 atom stereocenters. The molecule has 1 saturated heterocycles. The molecular weight excluding hydrogens is 390 g/mol. The summed E-state index contributed by atoms with van der Waals surface area (Å²) in [4.78, 5) is 20.3. The van der Waals surface area contributed by atoms with Gasteiger partial charge in [-0.3, -0.25) is 9.98 Å². The summed E-state index contributed by atoms with van der Waals surface area (Å²) in [6, 6.07) is 16.5. The maximum atomic E-state index is 5.88. The molecule has 1 aliphatic rings. The molecule has 1 aliphatic heterocycles. The largest absolute Gasteiger partial charge is 0.463 e. The number of aliphatic imine (C=N–C) groups is 1. The zero-order chi connectivity index (χ0) is 21.3. The molecule has 31 heavy (non-hydrogen) atoms. The lowest BCUT2D eigenvalue weighted by Gasteiger charge is -2.28. The number of benzene rings is 1. The van der Waals surface area contributed by atoms with Crippen LogP contribution in [0.4, 0.5) is 5.82 Å². The Morgan fingerprint density at radius 1 is 1.10 bits per heavy atom. The van der Waals surface area contributed by atoms with Gasteiger partial charge in [0.15, 0.2) is 0 Å². The standard InChI is InChI=1S/C24H27N5O2/c1-19-5-4-6-20(15-19)17-25-18-22-16-23(29-10-13-30-14-11-29)28-24(27-22)31-12-8-21-7-2-3-9-26-21/h2-7,9,15-16,18H,8,10-14,17H2,1H3. The van der Waals surface area contributed by atoms with E-state index in [4.69, 9.17) is 9.47 Å². The Labute approximate surface area is 182 Å². The van der Waals surface area contributed by atoms with Crippen LogP contribution in [0.15, 0.2) is 59.7 Å². The summed E-state index contributed by atoms with van der Waals surface area (Å²) >= 11 is 0. The van der Waals surface area contributed by atoms with Crippen LogP contribution in [0, 0.1) is 6.92 Å². The fourth-order valence-electron chi connectivity index (χ4n) is 3.36. The second-order valence-electron chi connectivity index (χ2n) is 7.41. The second kappa shape index (κ2) is 10.6. The highest BCUT2D eigenvalue weighted by molar-refractivity contribution is 5.78. The van der Waals surface area contributed by atoms with Crippen LogP contribution in [-0.4, -0.2) is 54.1 Å². The van der Waals surface area contributed by atoms with Crippen molar-refractivity contribution in [1.82, 2.24) is 15.0 Å². The molecule has 0 saturated carbocycles. The molecule has 4 rings (SSSR count). The number of hydrogen-bond donors (Lipinski definition) is 0. The monoisotopic (exact) mass is 417 g/mol. The number of nitrogens with zero attached hydrogens (tertiary/aromatic N) is 5. The SMILES string of the molecule is Cc1cccc(CN=Cc2cc(N3CCOCC3)nc(OCCc3ccccn3)n2)c1. The van der Waals surface area contributed by atoms with Gasteiger partial charge in [-0.25, -0.2) is 0 Å². The van der Waals surface area contributed by atoms with Crippen LogP contribution in [-0.2, 0) is 17.7 Å². The van der Waals surface area contributed by atoms with Gasteiger partial charge in [-0.15, -0.1) is 0 Å². The van der Waals surface area contributed by atoms with E-state index >= 15 is 0 Å². The first-order chi connectivity index (χ1) is 15.3. The number of aryl methyl sites for hydroxylation is 1. The van der Waals surface area contributed by atoms with Crippen molar-refractivity contribution in [2.75, 3.05) is 37.8 Å². The van der Waals surface area contributed by atoms with E-state index in [0.29, 0.717) is 38.8 Å². The van der Waals surface area contributed by atoms with Gasteiger partial charge in [-0.1, -0.05) is 35.9 Å². The molecule has 160 valence electrons. The molecule has 1 fully saturated rings. The molecule has 0 unspecified atom stereocenters. The first-order valence-corrected chi connectivity index (χ1v) is 10.6. The van der Waals surface area contributed by atoms with E-state index in [1.807, 2.05) is 24.3 Å². The van der Waals surface area contributed by atoms with Crippen LogP contribution < -0.4 is 9.64 Å². The van der Waals surface area contributed by atoms with E-state index < -0.39 is 0 Å². The maximum absolute atomic E-state index is 5.88. The van der Waals surface area contributed by atoms with E-state index in [2.05, 4.69) is 56.0 Å². The molecule has 1 aromatic carbocycles. The molecule has 0 spiro atoms. The Hall–Kier alpha value is -3.32. The van der Waals surface area contributed by atoms with Crippen LogP contribution in [0.1, 0.15) is 22.5 Å². The van der Waals surface area contributed by atoms with Crippen LogP contribution in [0.25, 0.3) is 0 Å². The van der Waals surface area contributed by atoms with E-state index in [0.717, 1.165) is 30.3 Å². The Kier molecular flexibility index (Phi) is 7.18. The molecule has 0 bridgehead atoms. The van der Waals surface area contributed by atoms with Gasteiger partial charge in [0.05, 0.1) is 32.1 Å². The van der Waals surface area contributed by atoms with Crippen molar-refractivity contribution in [2.45, 2.75) is 19.9 Å². The summed E-state index contributed by atoms with van der Waals surface area (Å²) in [7, 11) is 0. The van der Waals surface area contributed by atoms with Crippen molar-refractivity contribution in [1.29, 1.82) is 0 Å². The molecule has 0 N–H and O–H groups in total. The Bertz CT molecular complexity index is 1000. The molecule has 3 heterocycles. The fraction of sp³-hybridized carbons (Fsp3) is 0.333. The summed E-state index contributed by atoms with van der Waals surface area (Å²) in [6.45, 7) is 6.13. The van der Waals surface area contributed by atoms with Crippen molar-refractivity contribution in [2.24, 2.45) is 4.99 Å². The van der Waals surface area contributed by atoms with E-state index in [9.17, 15) is 0 Å². The topological polar surface area (TPSA) is 72.7 Å². The first kappa shape index (κ1) is 20.9. The minimum Gasteiger partial charge on any atom is -0.463 e. The molecular formula is C24H27N5O2. The van der Waals surface area contributed by atoms with E-state index in [-0.39, 0.29) is 0 Å². The van der Waals surface area contributed by atoms with E-state index in [1.165, 1.54) is 11.1 Å². The number of hydrogen-bond acceptors (Lipinski definition) is 7. The minimum atomic E-state index is 0.358. The summed E-state index contributed by atoms with van der Waals surface area (Å²) in [5, 5.41) is 0. The Morgan fingerprint density at radius 2 is 2.00 bits per heavy atom. The third-order valence-corrected chi connectivity index (χ3v) is 4.94. The van der Waals surface area contributed by atoms with Gasteiger partial charge in [0, 0.05) is 43.7 Å². The molecule has 2 aromatic heterocycles. The van der Waals surface area contributed by atoms with Crippen molar-refractivity contribution in [3.05, 3.63) is 77.2 Å². The van der Waals surface area contributed by atoms with Crippen LogP contribution in [0.2, 0.25) is 0 Å². The third-order valence-electron chi connectivity index (χ3n) is 4.94. The number of morpholine rings is 1. The fourth-order valence-corrected chi connectivity index (χ4v) is 3.36. The molecule has 3 aromatic rings. The average molecular weight is 418 g/mol. The lowest BCUT2D eigenvalue weighted by molar-refractivity contribution is 0.122. The second-order valence-corrected chi connectivity index (χ2v) is 7.41. The number of aromatic nitrogens is 3. The number of ether oxygens (including phenoxy) is 2. The smallest absolute Gasteiger partial charge is 0.318 e. The Morgan fingerprint density at radius 3 is 2.81 bits per heavy atom. The number of anilines is 1. The summed E-state index contributed by atoms with van der Waals surface area (Å²) in [5.74, 6) is 0.836.